The average molecular weight is 485 g/mol. The maximum Gasteiger partial charge on any atom is 0.407 e. The van der Waals surface area contributed by atoms with Crippen molar-refractivity contribution in [2.45, 2.75) is 53.3 Å². The monoisotopic (exact) mass is 484 g/mol. The maximum absolute atomic E-state index is 13.5. The summed E-state index contributed by atoms with van der Waals surface area (Å²) in [6.45, 7) is 9.73. The summed E-state index contributed by atoms with van der Waals surface area (Å²) in [5.74, 6) is -0.949. The van der Waals surface area contributed by atoms with Gasteiger partial charge in [0.15, 0.2) is 0 Å². The zero-order valence-corrected chi connectivity index (χ0v) is 20.7. The van der Waals surface area contributed by atoms with Gasteiger partial charge < -0.3 is 19.7 Å². The third kappa shape index (κ3) is 5.78. The Bertz CT molecular complexity index is 1290. The smallest absolute Gasteiger partial charge is 0.407 e. The standard InChI is InChI=1S/C26H29ClN2O5/c1-15(2)14-29-21(13-28-25(33)34-26(3,4)5)22(16-6-9-18(27)10-7-16)20-12-17(24(31)32)8-11-19(20)23(29)30/h6-12,15H,13-14H2,1-5H3,(H,28,33)(H,31,32). The van der Waals surface area contributed by atoms with Crippen LogP contribution in [-0.2, 0) is 17.8 Å². The molecule has 0 aliphatic rings. The van der Waals surface area contributed by atoms with E-state index in [0.717, 1.165) is 5.56 Å². The molecule has 0 saturated heterocycles. The number of aromatic nitrogens is 1. The van der Waals surface area contributed by atoms with Crippen molar-refractivity contribution in [1.29, 1.82) is 0 Å². The summed E-state index contributed by atoms with van der Waals surface area (Å²) >= 11 is 6.11. The first-order valence-electron chi connectivity index (χ1n) is 11.0. The Balaban J connectivity index is 2.32. The average Bonchev–Trinajstić information content (AvgIpc) is 2.73. The number of hydrogen-bond donors (Lipinski definition) is 2. The normalized spacial score (nSPS) is 11.6. The number of nitrogens with zero attached hydrogens (tertiary/aromatic N) is 1. The lowest BCUT2D eigenvalue weighted by Gasteiger charge is -2.23. The van der Waals surface area contributed by atoms with Crippen molar-refractivity contribution < 1.29 is 19.4 Å². The van der Waals surface area contributed by atoms with E-state index in [1.807, 2.05) is 26.0 Å². The van der Waals surface area contributed by atoms with Gasteiger partial charge in [-0.3, -0.25) is 4.79 Å². The van der Waals surface area contributed by atoms with Crippen LogP contribution in [0.3, 0.4) is 0 Å². The second-order valence-electron chi connectivity index (χ2n) is 9.56. The number of benzene rings is 2. The van der Waals surface area contributed by atoms with E-state index in [-0.39, 0.29) is 23.6 Å². The lowest BCUT2D eigenvalue weighted by atomic mass is 9.95. The molecule has 0 radical (unpaired) electrons. The SMILES string of the molecule is CC(C)Cn1c(CNC(=O)OC(C)(C)C)c(-c2ccc(Cl)cc2)c2cc(C(=O)O)ccc2c1=O. The number of pyridine rings is 1. The van der Waals surface area contributed by atoms with E-state index in [2.05, 4.69) is 5.32 Å². The molecule has 0 saturated carbocycles. The van der Waals surface area contributed by atoms with Gasteiger partial charge in [-0.15, -0.1) is 0 Å². The molecule has 3 rings (SSSR count). The molecule has 3 aromatic rings. The van der Waals surface area contributed by atoms with Crippen molar-refractivity contribution in [1.82, 2.24) is 9.88 Å². The summed E-state index contributed by atoms with van der Waals surface area (Å²) in [5, 5.41) is 13.8. The van der Waals surface area contributed by atoms with E-state index >= 15 is 0 Å². The third-order valence-electron chi connectivity index (χ3n) is 5.11. The second kappa shape index (κ2) is 9.89. The maximum atomic E-state index is 13.5. The first kappa shape index (κ1) is 25.3. The Labute approximate surface area is 203 Å². The summed E-state index contributed by atoms with van der Waals surface area (Å²) in [6.07, 6.45) is -0.613. The van der Waals surface area contributed by atoms with Gasteiger partial charge in [0.2, 0.25) is 0 Å². The lowest BCUT2D eigenvalue weighted by molar-refractivity contribution is 0.0521. The van der Waals surface area contributed by atoms with E-state index in [4.69, 9.17) is 16.3 Å². The minimum absolute atomic E-state index is 0.0159. The number of carbonyl (C=O) groups excluding carboxylic acids is 1. The molecule has 2 N–H and O–H groups in total. The number of ether oxygens (including phenoxy) is 1. The molecular weight excluding hydrogens is 456 g/mol. The summed E-state index contributed by atoms with van der Waals surface area (Å²) < 4.78 is 7.02. The first-order valence-corrected chi connectivity index (χ1v) is 11.4. The van der Waals surface area contributed by atoms with Crippen molar-refractivity contribution in [2.24, 2.45) is 5.92 Å². The number of alkyl carbamates (subject to hydrolysis) is 1. The molecule has 0 aliphatic heterocycles. The largest absolute Gasteiger partial charge is 0.478 e. The Hall–Kier alpha value is -3.32. The predicted octanol–water partition coefficient (Wildman–Crippen LogP) is 5.70. The van der Waals surface area contributed by atoms with E-state index in [1.54, 1.807) is 43.5 Å². The molecule has 1 heterocycles. The minimum atomic E-state index is -1.09. The molecule has 7 nitrogen and oxygen atoms in total. The van der Waals surface area contributed by atoms with Gasteiger partial charge in [-0.25, -0.2) is 9.59 Å². The van der Waals surface area contributed by atoms with Crippen molar-refractivity contribution in [2.75, 3.05) is 0 Å². The van der Waals surface area contributed by atoms with Crippen LogP contribution in [0.1, 0.15) is 50.7 Å². The topological polar surface area (TPSA) is 97.6 Å². The number of amides is 1. The Kier molecular flexibility index (Phi) is 7.36. The van der Waals surface area contributed by atoms with Gasteiger partial charge in [-0.1, -0.05) is 37.6 Å². The zero-order valence-electron chi connectivity index (χ0n) is 19.9. The number of hydrogen-bond acceptors (Lipinski definition) is 4. The Morgan fingerprint density at radius 1 is 1.09 bits per heavy atom. The van der Waals surface area contributed by atoms with Crippen molar-refractivity contribution in [3.63, 3.8) is 0 Å². The molecule has 8 heteroatoms. The second-order valence-corrected chi connectivity index (χ2v) is 10.00. The van der Waals surface area contributed by atoms with E-state index in [1.165, 1.54) is 12.1 Å². The van der Waals surface area contributed by atoms with Gasteiger partial charge in [-0.05, 0) is 68.0 Å². The van der Waals surface area contributed by atoms with Crippen LogP contribution >= 0.6 is 11.6 Å². The van der Waals surface area contributed by atoms with E-state index in [9.17, 15) is 19.5 Å². The molecule has 2 aromatic carbocycles. The summed E-state index contributed by atoms with van der Waals surface area (Å²) in [7, 11) is 0. The number of rotatable bonds is 6. The molecule has 1 amide bonds. The highest BCUT2D eigenvalue weighted by molar-refractivity contribution is 6.30. The number of fused-ring (bicyclic) bond motifs is 1. The first-order chi connectivity index (χ1) is 15.9. The van der Waals surface area contributed by atoms with Crippen molar-refractivity contribution in [3.05, 3.63) is 69.1 Å². The molecule has 0 bridgehead atoms. The van der Waals surface area contributed by atoms with Crippen LogP contribution in [0, 0.1) is 5.92 Å². The quantitative estimate of drug-likeness (QED) is 0.467. The summed E-state index contributed by atoms with van der Waals surface area (Å²) in [4.78, 5) is 37.7. The number of nitrogens with one attached hydrogen (secondary N) is 1. The van der Waals surface area contributed by atoms with Crippen LogP contribution in [0.5, 0.6) is 0 Å². The van der Waals surface area contributed by atoms with Crippen LogP contribution in [0.2, 0.25) is 5.02 Å². The van der Waals surface area contributed by atoms with Gasteiger partial charge in [0.05, 0.1) is 12.1 Å². The lowest BCUT2D eigenvalue weighted by Crippen LogP contribution is -2.35. The van der Waals surface area contributed by atoms with Crippen LogP contribution in [-0.4, -0.2) is 27.3 Å². The van der Waals surface area contributed by atoms with Crippen molar-refractivity contribution in [3.8, 4) is 11.1 Å². The predicted molar refractivity (Wildman–Crippen MR) is 134 cm³/mol. The van der Waals surface area contributed by atoms with E-state index < -0.39 is 17.7 Å². The van der Waals surface area contributed by atoms with Gasteiger partial charge in [-0.2, -0.15) is 0 Å². The zero-order chi connectivity index (χ0) is 25.2. The molecule has 34 heavy (non-hydrogen) atoms. The molecule has 180 valence electrons. The molecule has 0 atom stereocenters. The summed E-state index contributed by atoms with van der Waals surface area (Å²) in [5.41, 5.74) is 1.10. The molecular formula is C26H29ClN2O5. The number of carboxylic acid groups (broad SMARTS) is 1. The Morgan fingerprint density at radius 2 is 1.74 bits per heavy atom. The fourth-order valence-corrected chi connectivity index (χ4v) is 3.91. The molecule has 1 aromatic heterocycles. The number of halogens is 1. The van der Waals surface area contributed by atoms with Crippen LogP contribution in [0.4, 0.5) is 4.79 Å². The number of carboxylic acids is 1. The van der Waals surface area contributed by atoms with Gasteiger partial charge in [0.25, 0.3) is 5.56 Å². The fourth-order valence-electron chi connectivity index (χ4n) is 3.78. The molecule has 0 aliphatic carbocycles. The highest BCUT2D eigenvalue weighted by atomic mass is 35.5. The van der Waals surface area contributed by atoms with Crippen molar-refractivity contribution >= 4 is 34.4 Å². The highest BCUT2D eigenvalue weighted by Crippen LogP contribution is 2.33. The van der Waals surface area contributed by atoms with Crippen LogP contribution < -0.4 is 10.9 Å². The van der Waals surface area contributed by atoms with Gasteiger partial charge >= 0.3 is 12.1 Å². The van der Waals surface area contributed by atoms with Crippen LogP contribution in [0.25, 0.3) is 21.9 Å². The van der Waals surface area contributed by atoms with E-state index in [0.29, 0.717) is 33.6 Å². The number of aromatic carboxylic acids is 1. The van der Waals surface area contributed by atoms with Gasteiger partial charge in [0.1, 0.15) is 5.60 Å². The highest BCUT2D eigenvalue weighted by Gasteiger charge is 2.22. The summed E-state index contributed by atoms with van der Waals surface area (Å²) in [6, 6.07) is 11.6. The minimum Gasteiger partial charge on any atom is -0.478 e. The fraction of sp³-hybridized carbons (Fsp3) is 0.346. The molecule has 0 unspecified atom stereocenters. The molecule has 0 fully saturated rings. The van der Waals surface area contributed by atoms with Crippen LogP contribution in [0.15, 0.2) is 47.3 Å². The number of carbonyl (C=O) groups is 2. The Morgan fingerprint density at radius 3 is 2.29 bits per heavy atom. The molecule has 0 spiro atoms. The van der Waals surface area contributed by atoms with Gasteiger partial charge in [0, 0.05) is 28.2 Å². The third-order valence-corrected chi connectivity index (χ3v) is 5.36.